The summed E-state index contributed by atoms with van der Waals surface area (Å²) in [5.41, 5.74) is 0.0159. The van der Waals surface area contributed by atoms with E-state index in [9.17, 15) is 4.79 Å². The van der Waals surface area contributed by atoms with Gasteiger partial charge < -0.3 is 5.11 Å². The van der Waals surface area contributed by atoms with Crippen LogP contribution >= 0.6 is 11.8 Å². The predicted octanol–water partition coefficient (Wildman–Crippen LogP) is 2.87. The van der Waals surface area contributed by atoms with E-state index in [4.69, 9.17) is 5.11 Å². The van der Waals surface area contributed by atoms with Crippen molar-refractivity contribution >= 4 is 28.5 Å². The smallest absolute Gasteiger partial charge is 0.354 e. The monoisotopic (exact) mass is 283 g/mol. The van der Waals surface area contributed by atoms with E-state index < -0.39 is 5.97 Å². The first-order valence-electron chi connectivity index (χ1n) is 5.82. The van der Waals surface area contributed by atoms with Gasteiger partial charge in [-0.2, -0.15) is 0 Å². The van der Waals surface area contributed by atoms with Crippen LogP contribution < -0.4 is 0 Å². The van der Waals surface area contributed by atoms with Crippen LogP contribution in [0.4, 0.5) is 0 Å². The number of carbonyl (C=O) groups is 1. The fourth-order valence-corrected chi connectivity index (χ4v) is 2.62. The molecule has 98 valence electrons. The van der Waals surface area contributed by atoms with Crippen molar-refractivity contribution in [3.63, 3.8) is 0 Å². The Bertz CT molecular complexity index is 778. The van der Waals surface area contributed by atoms with Crippen LogP contribution in [0.2, 0.25) is 0 Å². The van der Waals surface area contributed by atoms with Gasteiger partial charge in [0.25, 0.3) is 0 Å². The normalized spacial score (nSPS) is 10.6. The molecule has 0 amide bonds. The average Bonchev–Trinajstić information content (AvgIpc) is 2.48. The Kier molecular flexibility index (Phi) is 3.30. The van der Waals surface area contributed by atoms with Crippen LogP contribution in [0.5, 0.6) is 0 Å². The van der Waals surface area contributed by atoms with Crippen LogP contribution in [0.15, 0.2) is 59.0 Å². The van der Waals surface area contributed by atoms with Crippen LogP contribution in [0.25, 0.3) is 10.8 Å². The van der Waals surface area contributed by atoms with Crippen molar-refractivity contribution in [3.8, 4) is 0 Å². The molecular formula is C14H9N3O2S. The van der Waals surface area contributed by atoms with Crippen LogP contribution in [-0.4, -0.2) is 26.0 Å². The second-order valence-electron chi connectivity index (χ2n) is 3.97. The third-order valence-electron chi connectivity index (χ3n) is 2.65. The summed E-state index contributed by atoms with van der Waals surface area (Å²) in [6.07, 6.45) is 3.27. The van der Waals surface area contributed by atoms with Gasteiger partial charge in [-0.3, -0.25) is 0 Å². The SMILES string of the molecule is O=C(O)c1cc2ccccc2c(Sc2ncccn2)n1. The number of aromatic carboxylic acids is 1. The fourth-order valence-electron chi connectivity index (χ4n) is 1.78. The number of carboxylic acid groups (broad SMARTS) is 1. The molecule has 0 aliphatic rings. The van der Waals surface area contributed by atoms with Gasteiger partial charge in [-0.05, 0) is 29.3 Å². The molecule has 0 saturated heterocycles. The van der Waals surface area contributed by atoms with Crippen molar-refractivity contribution in [1.82, 2.24) is 15.0 Å². The van der Waals surface area contributed by atoms with Gasteiger partial charge in [0.1, 0.15) is 10.7 Å². The van der Waals surface area contributed by atoms with E-state index in [2.05, 4.69) is 15.0 Å². The van der Waals surface area contributed by atoms with E-state index in [1.807, 2.05) is 24.3 Å². The molecule has 3 rings (SSSR count). The molecule has 6 heteroatoms. The first-order chi connectivity index (χ1) is 9.74. The van der Waals surface area contributed by atoms with E-state index in [-0.39, 0.29) is 5.69 Å². The molecule has 0 bridgehead atoms. The lowest BCUT2D eigenvalue weighted by molar-refractivity contribution is 0.0690. The largest absolute Gasteiger partial charge is 0.477 e. The molecule has 20 heavy (non-hydrogen) atoms. The maximum absolute atomic E-state index is 11.1. The zero-order valence-electron chi connectivity index (χ0n) is 10.2. The first kappa shape index (κ1) is 12.6. The summed E-state index contributed by atoms with van der Waals surface area (Å²) < 4.78 is 0. The van der Waals surface area contributed by atoms with Crippen molar-refractivity contribution < 1.29 is 9.90 Å². The Balaban J connectivity index is 2.15. The predicted molar refractivity (Wildman–Crippen MR) is 74.9 cm³/mol. The second-order valence-corrected chi connectivity index (χ2v) is 4.93. The third-order valence-corrected chi connectivity index (χ3v) is 3.55. The van der Waals surface area contributed by atoms with Gasteiger partial charge in [0, 0.05) is 17.8 Å². The number of benzene rings is 1. The number of carboxylic acids is 1. The minimum atomic E-state index is -1.05. The minimum absolute atomic E-state index is 0.0159. The van der Waals surface area contributed by atoms with Gasteiger partial charge in [0.2, 0.25) is 0 Å². The molecule has 1 N–H and O–H groups in total. The topological polar surface area (TPSA) is 76.0 Å². The lowest BCUT2D eigenvalue weighted by Gasteiger charge is -2.06. The summed E-state index contributed by atoms with van der Waals surface area (Å²) >= 11 is 1.25. The molecule has 2 heterocycles. The van der Waals surface area contributed by atoms with Crippen molar-refractivity contribution in [2.24, 2.45) is 0 Å². The second kappa shape index (κ2) is 5.26. The highest BCUT2D eigenvalue weighted by Gasteiger charge is 2.12. The highest BCUT2D eigenvalue weighted by molar-refractivity contribution is 7.99. The van der Waals surface area contributed by atoms with Crippen LogP contribution in [0, 0.1) is 0 Å². The number of hydrogen-bond donors (Lipinski definition) is 1. The summed E-state index contributed by atoms with van der Waals surface area (Å²) in [7, 11) is 0. The average molecular weight is 283 g/mol. The Hall–Kier alpha value is -2.47. The number of rotatable bonds is 3. The van der Waals surface area contributed by atoms with Gasteiger partial charge in [-0.25, -0.2) is 19.7 Å². The molecule has 0 spiro atoms. The molecule has 3 aromatic rings. The molecule has 0 aliphatic carbocycles. The molecule has 0 fully saturated rings. The molecular weight excluding hydrogens is 274 g/mol. The molecule has 0 aliphatic heterocycles. The molecule has 2 aromatic heterocycles. The number of aromatic nitrogens is 3. The summed E-state index contributed by atoms with van der Waals surface area (Å²) in [4.78, 5) is 23.6. The zero-order valence-corrected chi connectivity index (χ0v) is 11.0. The first-order valence-corrected chi connectivity index (χ1v) is 6.63. The van der Waals surface area contributed by atoms with Crippen LogP contribution in [0.1, 0.15) is 10.5 Å². The lowest BCUT2D eigenvalue weighted by Crippen LogP contribution is -2.01. The molecule has 0 radical (unpaired) electrons. The van der Waals surface area contributed by atoms with E-state index >= 15 is 0 Å². The van der Waals surface area contributed by atoms with E-state index in [0.717, 1.165) is 10.8 Å². The van der Waals surface area contributed by atoms with Gasteiger partial charge in [0.05, 0.1) is 0 Å². The number of hydrogen-bond acceptors (Lipinski definition) is 5. The highest BCUT2D eigenvalue weighted by Crippen LogP contribution is 2.30. The third kappa shape index (κ3) is 2.46. The Morgan fingerprint density at radius 1 is 1.10 bits per heavy atom. The Morgan fingerprint density at radius 2 is 1.85 bits per heavy atom. The van der Waals surface area contributed by atoms with Crippen molar-refractivity contribution in [3.05, 3.63) is 54.5 Å². The minimum Gasteiger partial charge on any atom is -0.477 e. The molecule has 0 atom stereocenters. The van der Waals surface area contributed by atoms with E-state index in [1.165, 1.54) is 11.8 Å². The molecule has 5 nitrogen and oxygen atoms in total. The van der Waals surface area contributed by atoms with Gasteiger partial charge in [0.15, 0.2) is 5.16 Å². The summed E-state index contributed by atoms with van der Waals surface area (Å²) in [5, 5.41) is 12.0. The molecule has 1 aromatic carbocycles. The highest BCUT2D eigenvalue weighted by atomic mass is 32.2. The maximum Gasteiger partial charge on any atom is 0.354 e. The number of pyridine rings is 1. The standard InChI is InChI=1S/C14H9N3O2S/c18-13(19)11-8-9-4-1-2-5-10(9)12(17-11)20-14-15-6-3-7-16-14/h1-8H,(H,18,19). The number of nitrogens with zero attached hydrogens (tertiary/aromatic N) is 3. The van der Waals surface area contributed by atoms with E-state index in [1.54, 1.807) is 24.5 Å². The van der Waals surface area contributed by atoms with E-state index in [0.29, 0.717) is 10.2 Å². The van der Waals surface area contributed by atoms with Crippen molar-refractivity contribution in [2.75, 3.05) is 0 Å². The van der Waals surface area contributed by atoms with Gasteiger partial charge in [-0.15, -0.1) is 0 Å². The van der Waals surface area contributed by atoms with Gasteiger partial charge >= 0.3 is 5.97 Å². The van der Waals surface area contributed by atoms with Crippen molar-refractivity contribution in [1.29, 1.82) is 0 Å². The zero-order chi connectivity index (χ0) is 13.9. The van der Waals surface area contributed by atoms with Gasteiger partial charge in [-0.1, -0.05) is 24.3 Å². The maximum atomic E-state index is 11.1. The van der Waals surface area contributed by atoms with Crippen molar-refractivity contribution in [2.45, 2.75) is 10.2 Å². The Labute approximate surface area is 118 Å². The summed E-state index contributed by atoms with van der Waals surface area (Å²) in [6, 6.07) is 10.8. The Morgan fingerprint density at radius 3 is 2.60 bits per heavy atom. The number of fused-ring (bicyclic) bond motifs is 1. The molecule has 0 unspecified atom stereocenters. The summed E-state index contributed by atoms with van der Waals surface area (Å²) in [6.45, 7) is 0. The molecule has 0 saturated carbocycles. The quantitative estimate of drug-likeness (QED) is 0.745. The van der Waals surface area contributed by atoms with Crippen LogP contribution in [-0.2, 0) is 0 Å². The fraction of sp³-hybridized carbons (Fsp3) is 0. The summed E-state index contributed by atoms with van der Waals surface area (Å²) in [5.74, 6) is -1.05. The lowest BCUT2D eigenvalue weighted by atomic mass is 10.1. The van der Waals surface area contributed by atoms with Crippen LogP contribution in [0.3, 0.4) is 0 Å².